The summed E-state index contributed by atoms with van der Waals surface area (Å²) in [4.78, 5) is 16.0. The van der Waals surface area contributed by atoms with Crippen molar-refractivity contribution in [1.29, 1.82) is 0 Å². The number of hydrogen-bond acceptors (Lipinski definition) is 5. The summed E-state index contributed by atoms with van der Waals surface area (Å²) in [6.45, 7) is 1.83. The highest BCUT2D eigenvalue weighted by Gasteiger charge is 2.10. The number of pyridine rings is 1. The molecule has 0 aliphatic rings. The van der Waals surface area contributed by atoms with Crippen LogP contribution in [-0.4, -0.2) is 45.7 Å². The zero-order valence-electron chi connectivity index (χ0n) is 11.1. The third-order valence-electron chi connectivity index (χ3n) is 2.44. The highest BCUT2D eigenvalue weighted by Crippen LogP contribution is 2.09. The van der Waals surface area contributed by atoms with E-state index in [9.17, 15) is 13.2 Å². The van der Waals surface area contributed by atoms with Gasteiger partial charge < -0.3 is 10.6 Å². The summed E-state index contributed by atoms with van der Waals surface area (Å²) in [7, 11) is -0.261. The number of carbonyl (C=O) groups excluding carboxylic acids is 1. The quantitative estimate of drug-likeness (QED) is 0.667. The number of amides is 1. The summed E-state index contributed by atoms with van der Waals surface area (Å²) < 4.78 is 24.6. The number of carbonyl (C=O) groups is 1. The maximum Gasteiger partial charge on any atom is 0.251 e. The van der Waals surface area contributed by atoms with Gasteiger partial charge in [0.05, 0.1) is 5.75 Å². The lowest BCUT2D eigenvalue weighted by Gasteiger charge is -2.08. The average molecular weight is 286 g/mol. The lowest BCUT2D eigenvalue weighted by Crippen LogP contribution is -2.33. The molecule has 0 saturated carbocycles. The molecule has 0 fully saturated rings. The van der Waals surface area contributed by atoms with E-state index in [1.54, 1.807) is 26.1 Å². The van der Waals surface area contributed by atoms with E-state index in [2.05, 4.69) is 20.3 Å². The number of sulfonamides is 1. The number of hydrogen-bond donors (Lipinski definition) is 3. The summed E-state index contributed by atoms with van der Waals surface area (Å²) in [5.74, 6) is 0.111. The van der Waals surface area contributed by atoms with Crippen molar-refractivity contribution < 1.29 is 13.2 Å². The molecule has 0 unspecified atom stereocenters. The first-order chi connectivity index (χ1) is 8.88. The van der Waals surface area contributed by atoms with Gasteiger partial charge in [-0.1, -0.05) is 0 Å². The zero-order valence-corrected chi connectivity index (χ0v) is 12.0. The predicted molar refractivity (Wildman–Crippen MR) is 73.7 cm³/mol. The van der Waals surface area contributed by atoms with Gasteiger partial charge in [0.25, 0.3) is 5.91 Å². The van der Waals surface area contributed by atoms with E-state index in [1.807, 2.05) is 0 Å². The van der Waals surface area contributed by atoms with Crippen LogP contribution in [0.4, 0.5) is 5.82 Å². The molecule has 1 amide bonds. The van der Waals surface area contributed by atoms with Gasteiger partial charge in [-0.3, -0.25) is 4.79 Å². The van der Waals surface area contributed by atoms with Crippen LogP contribution in [0.25, 0.3) is 0 Å². The topological polar surface area (TPSA) is 100 Å². The van der Waals surface area contributed by atoms with E-state index in [-0.39, 0.29) is 18.2 Å². The van der Waals surface area contributed by atoms with E-state index in [0.29, 0.717) is 17.1 Å². The highest BCUT2D eigenvalue weighted by atomic mass is 32.2. The van der Waals surface area contributed by atoms with Gasteiger partial charge >= 0.3 is 0 Å². The molecule has 1 aromatic heterocycles. The molecule has 1 heterocycles. The van der Waals surface area contributed by atoms with Crippen LogP contribution in [0.2, 0.25) is 0 Å². The molecule has 7 nitrogen and oxygen atoms in total. The van der Waals surface area contributed by atoms with Crippen LogP contribution in [0.3, 0.4) is 0 Å². The molecule has 0 aliphatic heterocycles. The second-order valence-corrected chi connectivity index (χ2v) is 5.96. The Kier molecular flexibility index (Phi) is 5.25. The Morgan fingerprint density at radius 2 is 2.00 bits per heavy atom. The fraction of sp³-hybridized carbons (Fsp3) is 0.455. The molecule has 0 aliphatic carbocycles. The second kappa shape index (κ2) is 6.48. The van der Waals surface area contributed by atoms with Gasteiger partial charge in [-0.15, -0.1) is 0 Å². The van der Waals surface area contributed by atoms with Crippen molar-refractivity contribution in [3.05, 3.63) is 23.4 Å². The molecule has 0 spiro atoms. The Hall–Kier alpha value is -1.67. The number of anilines is 1. The molecule has 0 saturated heterocycles. The van der Waals surface area contributed by atoms with Gasteiger partial charge in [-0.2, -0.15) is 0 Å². The standard InChI is InChI=1S/C11H18N4O3S/c1-8-6-9(7-10(12-2)15-8)11(16)14-4-5-19(17,18)13-3/h6-7,13H,4-5H2,1-3H3,(H,12,15)(H,14,16). The number of nitrogens with zero attached hydrogens (tertiary/aromatic N) is 1. The van der Waals surface area contributed by atoms with Crippen molar-refractivity contribution in [2.45, 2.75) is 6.92 Å². The maximum absolute atomic E-state index is 11.9. The number of rotatable bonds is 6. The predicted octanol–water partition coefficient (Wildman–Crippen LogP) is -0.289. The fourth-order valence-electron chi connectivity index (χ4n) is 1.43. The van der Waals surface area contributed by atoms with E-state index in [4.69, 9.17) is 0 Å². The summed E-state index contributed by atoms with van der Waals surface area (Å²) in [6, 6.07) is 3.25. The Balaban J connectivity index is 2.66. The minimum Gasteiger partial charge on any atom is -0.373 e. The Labute approximate surface area is 112 Å². The lowest BCUT2D eigenvalue weighted by atomic mass is 10.2. The molecule has 1 rings (SSSR count). The van der Waals surface area contributed by atoms with Gasteiger partial charge in [0.15, 0.2) is 0 Å². The number of nitrogens with one attached hydrogen (secondary N) is 3. The molecule has 0 aromatic carbocycles. The van der Waals surface area contributed by atoms with Gasteiger partial charge in [-0.05, 0) is 26.1 Å². The van der Waals surface area contributed by atoms with E-state index < -0.39 is 10.0 Å². The van der Waals surface area contributed by atoms with Gasteiger partial charge in [0.2, 0.25) is 10.0 Å². The SMILES string of the molecule is CNc1cc(C(=O)NCCS(=O)(=O)NC)cc(C)n1. The molecule has 106 valence electrons. The molecule has 0 radical (unpaired) electrons. The van der Waals surface area contributed by atoms with Crippen molar-refractivity contribution in [3.63, 3.8) is 0 Å². The van der Waals surface area contributed by atoms with Crippen molar-refractivity contribution in [1.82, 2.24) is 15.0 Å². The Morgan fingerprint density at radius 1 is 1.32 bits per heavy atom. The van der Waals surface area contributed by atoms with Crippen LogP contribution in [0, 0.1) is 6.92 Å². The molecule has 0 atom stereocenters. The zero-order chi connectivity index (χ0) is 14.5. The fourth-order valence-corrected chi connectivity index (χ4v) is 2.01. The summed E-state index contributed by atoms with van der Waals surface area (Å²) >= 11 is 0. The Bertz CT molecular complexity index is 557. The first-order valence-electron chi connectivity index (χ1n) is 5.74. The van der Waals surface area contributed by atoms with Gasteiger partial charge in [0.1, 0.15) is 5.82 Å². The third kappa shape index (κ3) is 4.84. The van der Waals surface area contributed by atoms with E-state index in [1.165, 1.54) is 7.05 Å². The number of aromatic nitrogens is 1. The summed E-state index contributed by atoms with van der Waals surface area (Å²) in [6.07, 6.45) is 0. The van der Waals surface area contributed by atoms with Crippen LogP contribution in [0.1, 0.15) is 16.1 Å². The smallest absolute Gasteiger partial charge is 0.251 e. The van der Waals surface area contributed by atoms with Crippen LogP contribution in [0.15, 0.2) is 12.1 Å². The average Bonchev–Trinajstić information content (AvgIpc) is 2.37. The molecule has 19 heavy (non-hydrogen) atoms. The maximum atomic E-state index is 11.9. The van der Waals surface area contributed by atoms with E-state index >= 15 is 0 Å². The largest absolute Gasteiger partial charge is 0.373 e. The number of aryl methyl sites for hydroxylation is 1. The van der Waals surface area contributed by atoms with Crippen LogP contribution < -0.4 is 15.4 Å². The van der Waals surface area contributed by atoms with Crippen molar-refractivity contribution in [2.24, 2.45) is 0 Å². The van der Waals surface area contributed by atoms with Gasteiger partial charge in [0, 0.05) is 24.8 Å². The summed E-state index contributed by atoms with van der Waals surface area (Å²) in [5, 5.41) is 5.41. The molecule has 8 heteroatoms. The first-order valence-corrected chi connectivity index (χ1v) is 7.39. The molecular weight excluding hydrogens is 268 g/mol. The van der Waals surface area contributed by atoms with Crippen molar-refractivity contribution >= 4 is 21.7 Å². The first kappa shape index (κ1) is 15.4. The lowest BCUT2D eigenvalue weighted by molar-refractivity contribution is 0.0956. The Morgan fingerprint density at radius 3 is 2.58 bits per heavy atom. The molecule has 1 aromatic rings. The van der Waals surface area contributed by atoms with Gasteiger partial charge in [-0.25, -0.2) is 18.1 Å². The normalized spacial score (nSPS) is 11.1. The minimum absolute atomic E-state index is 0.0538. The summed E-state index contributed by atoms with van der Waals surface area (Å²) in [5.41, 5.74) is 1.15. The van der Waals surface area contributed by atoms with Crippen LogP contribution >= 0.6 is 0 Å². The van der Waals surface area contributed by atoms with Crippen molar-refractivity contribution in [2.75, 3.05) is 31.7 Å². The second-order valence-electron chi connectivity index (χ2n) is 3.91. The third-order valence-corrected chi connectivity index (χ3v) is 3.80. The minimum atomic E-state index is -3.31. The molecular formula is C11H18N4O3S. The molecule has 0 bridgehead atoms. The van der Waals surface area contributed by atoms with Crippen LogP contribution in [-0.2, 0) is 10.0 Å². The highest BCUT2D eigenvalue weighted by molar-refractivity contribution is 7.89. The van der Waals surface area contributed by atoms with Crippen LogP contribution in [0.5, 0.6) is 0 Å². The molecule has 3 N–H and O–H groups in total. The van der Waals surface area contributed by atoms with E-state index in [0.717, 1.165) is 0 Å². The monoisotopic (exact) mass is 286 g/mol. The van der Waals surface area contributed by atoms with Crippen molar-refractivity contribution in [3.8, 4) is 0 Å².